The van der Waals surface area contributed by atoms with Gasteiger partial charge in [0, 0.05) is 6.08 Å². The van der Waals surface area contributed by atoms with Crippen LogP contribution in [0.5, 0.6) is 11.5 Å². The van der Waals surface area contributed by atoms with Crippen LogP contribution in [0.3, 0.4) is 0 Å². The van der Waals surface area contributed by atoms with E-state index >= 15 is 0 Å². The number of nitrogens with zero attached hydrogens (tertiary/aromatic N) is 1. The molecule has 0 spiro atoms. The molecule has 0 fully saturated rings. The predicted octanol–water partition coefficient (Wildman–Crippen LogP) is 3.80. The molecule has 1 aromatic heterocycles. The Balaban J connectivity index is 1.93. The minimum atomic E-state index is -0.450. The summed E-state index contributed by atoms with van der Waals surface area (Å²) >= 11 is 0. The van der Waals surface area contributed by atoms with Crippen LogP contribution in [0.4, 0.5) is 0 Å². The highest BCUT2D eigenvalue weighted by Crippen LogP contribution is 2.28. The SMILES string of the molecule is COC(=O)c1cccc2oc(C=Cc3ccc(OC)c(OC)c3)nc12. The number of ether oxygens (including phenoxy) is 3. The van der Waals surface area contributed by atoms with Gasteiger partial charge in [0.1, 0.15) is 5.52 Å². The van der Waals surface area contributed by atoms with E-state index in [1.807, 2.05) is 24.3 Å². The van der Waals surface area contributed by atoms with Crippen LogP contribution in [0.15, 0.2) is 40.8 Å². The molecule has 1 heterocycles. The van der Waals surface area contributed by atoms with Crippen molar-refractivity contribution in [3.8, 4) is 11.5 Å². The summed E-state index contributed by atoms with van der Waals surface area (Å²) in [5.74, 6) is 1.23. The van der Waals surface area contributed by atoms with Gasteiger partial charge >= 0.3 is 5.97 Å². The molecule has 0 saturated carbocycles. The van der Waals surface area contributed by atoms with Crippen LogP contribution in [-0.2, 0) is 4.74 Å². The third-order valence-electron chi connectivity index (χ3n) is 3.67. The molecule has 3 aromatic rings. The van der Waals surface area contributed by atoms with E-state index in [9.17, 15) is 4.79 Å². The number of esters is 1. The van der Waals surface area contributed by atoms with Gasteiger partial charge < -0.3 is 18.6 Å². The van der Waals surface area contributed by atoms with Crippen LogP contribution in [0.25, 0.3) is 23.3 Å². The number of aromatic nitrogens is 1. The molecule has 128 valence electrons. The van der Waals surface area contributed by atoms with Crippen molar-refractivity contribution in [3.63, 3.8) is 0 Å². The Morgan fingerprint density at radius 2 is 1.84 bits per heavy atom. The number of oxazole rings is 1. The van der Waals surface area contributed by atoms with Crippen molar-refractivity contribution in [3.05, 3.63) is 53.4 Å². The van der Waals surface area contributed by atoms with Crippen molar-refractivity contribution in [2.45, 2.75) is 0 Å². The summed E-state index contributed by atoms with van der Waals surface area (Å²) in [6.45, 7) is 0. The first-order valence-corrected chi connectivity index (χ1v) is 7.54. The lowest BCUT2D eigenvalue weighted by Crippen LogP contribution is -2.01. The van der Waals surface area contributed by atoms with Gasteiger partial charge in [0.25, 0.3) is 0 Å². The molecule has 25 heavy (non-hydrogen) atoms. The standard InChI is InChI=1S/C19H17NO5/c1-22-14-9-7-12(11-16(14)23-2)8-10-17-20-18-13(19(21)24-3)5-4-6-15(18)25-17/h4-11H,1-3H3. The van der Waals surface area contributed by atoms with E-state index in [1.54, 1.807) is 38.5 Å². The molecule has 0 N–H and O–H groups in total. The number of fused-ring (bicyclic) bond motifs is 1. The van der Waals surface area contributed by atoms with Gasteiger partial charge in [0.15, 0.2) is 17.1 Å². The molecule has 0 saturated heterocycles. The van der Waals surface area contributed by atoms with E-state index in [2.05, 4.69) is 4.98 Å². The monoisotopic (exact) mass is 339 g/mol. The lowest BCUT2D eigenvalue weighted by molar-refractivity contribution is 0.0602. The number of rotatable bonds is 5. The minimum absolute atomic E-state index is 0.370. The molecule has 0 radical (unpaired) electrons. The first-order valence-electron chi connectivity index (χ1n) is 7.54. The lowest BCUT2D eigenvalue weighted by Gasteiger charge is -2.07. The van der Waals surface area contributed by atoms with E-state index in [0.717, 1.165) is 5.56 Å². The van der Waals surface area contributed by atoms with Gasteiger partial charge in [-0.1, -0.05) is 12.1 Å². The molecule has 0 unspecified atom stereocenters. The Kier molecular flexibility index (Phi) is 4.70. The smallest absolute Gasteiger partial charge is 0.340 e. The van der Waals surface area contributed by atoms with Gasteiger partial charge in [-0.25, -0.2) is 9.78 Å². The maximum absolute atomic E-state index is 11.8. The largest absolute Gasteiger partial charge is 0.493 e. The highest BCUT2D eigenvalue weighted by Gasteiger charge is 2.14. The number of benzene rings is 2. The third kappa shape index (κ3) is 3.33. The molecule has 0 aliphatic carbocycles. The fourth-order valence-corrected chi connectivity index (χ4v) is 2.44. The zero-order valence-corrected chi connectivity index (χ0v) is 14.1. The fourth-order valence-electron chi connectivity index (χ4n) is 2.44. The maximum atomic E-state index is 11.8. The normalized spacial score (nSPS) is 11.0. The summed E-state index contributed by atoms with van der Waals surface area (Å²) < 4.78 is 20.9. The molecular formula is C19H17NO5. The highest BCUT2D eigenvalue weighted by atomic mass is 16.5. The fraction of sp³-hybridized carbons (Fsp3) is 0.158. The van der Waals surface area contributed by atoms with E-state index in [4.69, 9.17) is 18.6 Å². The molecule has 0 aliphatic rings. The Bertz CT molecular complexity index is 942. The Morgan fingerprint density at radius 1 is 1.04 bits per heavy atom. The summed E-state index contributed by atoms with van der Waals surface area (Å²) in [5, 5.41) is 0. The molecule has 3 rings (SSSR count). The summed E-state index contributed by atoms with van der Waals surface area (Å²) in [5.41, 5.74) is 2.26. The van der Waals surface area contributed by atoms with Crippen LogP contribution >= 0.6 is 0 Å². The van der Waals surface area contributed by atoms with E-state index in [-0.39, 0.29) is 0 Å². The zero-order chi connectivity index (χ0) is 17.8. The number of para-hydroxylation sites is 1. The number of carbonyl (C=O) groups excluding carboxylic acids is 1. The second-order valence-electron chi connectivity index (χ2n) is 5.14. The van der Waals surface area contributed by atoms with Gasteiger partial charge in [-0.05, 0) is 35.9 Å². The second kappa shape index (κ2) is 7.09. The molecule has 0 bridgehead atoms. The van der Waals surface area contributed by atoms with Crippen molar-refractivity contribution in [2.75, 3.05) is 21.3 Å². The molecule has 2 aromatic carbocycles. The van der Waals surface area contributed by atoms with E-state index in [0.29, 0.717) is 34.1 Å². The summed E-state index contributed by atoms with van der Waals surface area (Å²) in [6, 6.07) is 10.7. The Labute approximate surface area is 144 Å². The predicted molar refractivity (Wildman–Crippen MR) is 93.8 cm³/mol. The number of carbonyl (C=O) groups is 1. The molecule has 0 amide bonds. The van der Waals surface area contributed by atoms with Crippen LogP contribution in [0.1, 0.15) is 21.8 Å². The summed E-state index contributed by atoms with van der Waals surface area (Å²) in [4.78, 5) is 16.2. The Hall–Kier alpha value is -3.28. The molecule has 0 atom stereocenters. The third-order valence-corrected chi connectivity index (χ3v) is 3.67. The van der Waals surface area contributed by atoms with Crippen molar-refractivity contribution < 1.29 is 23.4 Å². The van der Waals surface area contributed by atoms with E-state index < -0.39 is 5.97 Å². The van der Waals surface area contributed by atoms with Gasteiger partial charge in [-0.2, -0.15) is 0 Å². The van der Waals surface area contributed by atoms with Crippen molar-refractivity contribution in [2.24, 2.45) is 0 Å². The van der Waals surface area contributed by atoms with Gasteiger partial charge in [-0.3, -0.25) is 0 Å². The average Bonchev–Trinajstić information content (AvgIpc) is 3.08. The Morgan fingerprint density at radius 3 is 2.56 bits per heavy atom. The molecule has 6 nitrogen and oxygen atoms in total. The average molecular weight is 339 g/mol. The van der Waals surface area contributed by atoms with Crippen LogP contribution < -0.4 is 9.47 Å². The molecule has 0 aliphatic heterocycles. The van der Waals surface area contributed by atoms with Crippen molar-refractivity contribution in [1.29, 1.82) is 0 Å². The number of methoxy groups -OCH3 is 3. The summed E-state index contributed by atoms with van der Waals surface area (Å²) in [7, 11) is 4.50. The number of hydrogen-bond donors (Lipinski definition) is 0. The highest BCUT2D eigenvalue weighted by molar-refractivity contribution is 6.01. The second-order valence-corrected chi connectivity index (χ2v) is 5.14. The minimum Gasteiger partial charge on any atom is -0.493 e. The first-order chi connectivity index (χ1) is 12.2. The van der Waals surface area contributed by atoms with E-state index in [1.165, 1.54) is 7.11 Å². The van der Waals surface area contributed by atoms with Crippen molar-refractivity contribution in [1.82, 2.24) is 4.98 Å². The van der Waals surface area contributed by atoms with Crippen LogP contribution in [-0.4, -0.2) is 32.3 Å². The van der Waals surface area contributed by atoms with Gasteiger partial charge in [-0.15, -0.1) is 0 Å². The lowest BCUT2D eigenvalue weighted by atomic mass is 10.2. The number of hydrogen-bond acceptors (Lipinski definition) is 6. The maximum Gasteiger partial charge on any atom is 0.340 e. The van der Waals surface area contributed by atoms with Gasteiger partial charge in [0.05, 0.1) is 26.9 Å². The van der Waals surface area contributed by atoms with Crippen molar-refractivity contribution >= 4 is 29.2 Å². The first kappa shape index (κ1) is 16.6. The van der Waals surface area contributed by atoms with Crippen LogP contribution in [0, 0.1) is 0 Å². The zero-order valence-electron chi connectivity index (χ0n) is 14.1. The quantitative estimate of drug-likeness (QED) is 0.659. The van der Waals surface area contributed by atoms with Crippen LogP contribution in [0.2, 0.25) is 0 Å². The molecular weight excluding hydrogens is 322 g/mol. The molecule has 6 heteroatoms. The summed E-state index contributed by atoms with van der Waals surface area (Å²) in [6.07, 6.45) is 3.56. The van der Waals surface area contributed by atoms with Gasteiger partial charge in [0.2, 0.25) is 5.89 Å². The topological polar surface area (TPSA) is 70.8 Å².